The van der Waals surface area contributed by atoms with Crippen LogP contribution in [0.4, 0.5) is 0 Å². The molecule has 1 aromatic heterocycles. The number of nitrogens with zero attached hydrogens (tertiary/aromatic N) is 2. The monoisotopic (exact) mass is 311 g/mol. The highest BCUT2D eigenvalue weighted by molar-refractivity contribution is 5.94. The Morgan fingerprint density at radius 2 is 2.04 bits per heavy atom. The molecular formula is C18H21N3O2. The molecule has 5 nitrogen and oxygen atoms in total. The number of hydrogen-bond acceptors (Lipinski definition) is 4. The molecule has 4 rings (SSSR count). The zero-order valence-corrected chi connectivity index (χ0v) is 13.1. The molecule has 0 bridgehead atoms. The van der Waals surface area contributed by atoms with E-state index < -0.39 is 0 Å². The lowest BCUT2D eigenvalue weighted by Crippen LogP contribution is -2.49. The Morgan fingerprint density at radius 3 is 2.91 bits per heavy atom. The Bertz CT molecular complexity index is 696. The zero-order valence-electron chi connectivity index (χ0n) is 13.1. The normalized spacial score (nSPS) is 21.0. The number of nitrogens with one attached hydrogen (secondary N) is 1. The fourth-order valence-corrected chi connectivity index (χ4v) is 3.61. The van der Waals surface area contributed by atoms with Crippen LogP contribution in [0.3, 0.4) is 0 Å². The van der Waals surface area contributed by atoms with Gasteiger partial charge in [0.05, 0.1) is 6.04 Å². The van der Waals surface area contributed by atoms with Crippen LogP contribution in [0.1, 0.15) is 46.3 Å². The van der Waals surface area contributed by atoms with Crippen molar-refractivity contribution in [1.29, 1.82) is 0 Å². The van der Waals surface area contributed by atoms with Gasteiger partial charge in [0.15, 0.2) is 5.69 Å². The number of hydrogen-bond donors (Lipinski definition) is 1. The van der Waals surface area contributed by atoms with Gasteiger partial charge in [0, 0.05) is 31.6 Å². The van der Waals surface area contributed by atoms with Gasteiger partial charge in [0.2, 0.25) is 0 Å². The molecule has 1 aliphatic heterocycles. The first-order chi connectivity index (χ1) is 11.3. The molecule has 5 heteroatoms. The van der Waals surface area contributed by atoms with Crippen LogP contribution in [0.25, 0.3) is 0 Å². The molecule has 1 aromatic carbocycles. The number of benzene rings is 1. The third kappa shape index (κ3) is 2.65. The van der Waals surface area contributed by atoms with Gasteiger partial charge in [0.1, 0.15) is 5.76 Å². The van der Waals surface area contributed by atoms with Crippen molar-refractivity contribution in [2.24, 2.45) is 0 Å². The summed E-state index contributed by atoms with van der Waals surface area (Å²) in [4.78, 5) is 15.0. The van der Waals surface area contributed by atoms with E-state index in [9.17, 15) is 4.79 Å². The standard InChI is InChI=1S/C18H21N3O2/c22-18(17-14-8-4-5-9-16(14)23-20-17)21-11-10-19-12-15(21)13-6-2-1-3-7-13/h1-3,6-7,15,19H,4-5,8-12H2. The predicted molar refractivity (Wildman–Crippen MR) is 86.2 cm³/mol. The summed E-state index contributed by atoms with van der Waals surface area (Å²) in [6, 6.07) is 10.2. The van der Waals surface area contributed by atoms with Crippen molar-refractivity contribution in [3.05, 3.63) is 52.9 Å². The predicted octanol–water partition coefficient (Wildman–Crippen LogP) is 2.34. The molecular weight excluding hydrogens is 290 g/mol. The molecule has 0 spiro atoms. The first-order valence-corrected chi connectivity index (χ1v) is 8.38. The molecule has 0 saturated carbocycles. The van der Waals surface area contributed by atoms with Gasteiger partial charge in [-0.3, -0.25) is 4.79 Å². The number of carbonyl (C=O) groups is 1. The molecule has 2 aromatic rings. The molecule has 1 atom stereocenters. The first-order valence-electron chi connectivity index (χ1n) is 8.38. The number of fused-ring (bicyclic) bond motifs is 1. The Hall–Kier alpha value is -2.14. The van der Waals surface area contributed by atoms with Crippen molar-refractivity contribution in [3.8, 4) is 0 Å². The highest BCUT2D eigenvalue weighted by Crippen LogP contribution is 2.28. The molecule has 120 valence electrons. The molecule has 1 N–H and O–H groups in total. The van der Waals surface area contributed by atoms with Gasteiger partial charge in [-0.25, -0.2) is 0 Å². The molecule has 23 heavy (non-hydrogen) atoms. The number of carbonyl (C=O) groups excluding carboxylic acids is 1. The van der Waals surface area contributed by atoms with E-state index in [1.807, 2.05) is 23.1 Å². The summed E-state index contributed by atoms with van der Waals surface area (Å²) in [5.41, 5.74) is 2.72. The Balaban J connectivity index is 1.64. The minimum atomic E-state index is 0.00672. The largest absolute Gasteiger partial charge is 0.360 e. The smallest absolute Gasteiger partial charge is 0.276 e. The van der Waals surface area contributed by atoms with E-state index in [1.165, 1.54) is 0 Å². The lowest BCUT2D eigenvalue weighted by Gasteiger charge is -2.36. The maximum atomic E-state index is 13.1. The van der Waals surface area contributed by atoms with E-state index in [0.29, 0.717) is 12.2 Å². The number of aromatic nitrogens is 1. The highest BCUT2D eigenvalue weighted by atomic mass is 16.5. The summed E-state index contributed by atoms with van der Waals surface area (Å²) in [6.45, 7) is 2.28. The van der Waals surface area contributed by atoms with Crippen LogP contribution in [0.5, 0.6) is 0 Å². The average molecular weight is 311 g/mol. The number of piperazine rings is 1. The lowest BCUT2D eigenvalue weighted by molar-refractivity contribution is 0.0622. The zero-order chi connectivity index (χ0) is 15.6. The van der Waals surface area contributed by atoms with Crippen LogP contribution in [0, 0.1) is 0 Å². The van der Waals surface area contributed by atoms with Gasteiger partial charge >= 0.3 is 0 Å². The van der Waals surface area contributed by atoms with E-state index >= 15 is 0 Å². The molecule has 1 fully saturated rings. The van der Waals surface area contributed by atoms with E-state index in [4.69, 9.17) is 4.52 Å². The number of rotatable bonds is 2. The Kier molecular flexibility index (Phi) is 3.87. The second-order valence-electron chi connectivity index (χ2n) is 6.27. The van der Waals surface area contributed by atoms with E-state index in [-0.39, 0.29) is 11.9 Å². The van der Waals surface area contributed by atoms with Gasteiger partial charge in [-0.15, -0.1) is 0 Å². The summed E-state index contributed by atoms with van der Waals surface area (Å²) >= 11 is 0. The molecule has 1 amide bonds. The van der Waals surface area contributed by atoms with Crippen molar-refractivity contribution in [3.63, 3.8) is 0 Å². The second kappa shape index (κ2) is 6.16. The summed E-state index contributed by atoms with van der Waals surface area (Å²) in [5, 5.41) is 7.50. The van der Waals surface area contributed by atoms with E-state index in [1.54, 1.807) is 0 Å². The summed E-state index contributed by atoms with van der Waals surface area (Å²) in [7, 11) is 0. The fraction of sp³-hybridized carbons (Fsp3) is 0.444. The lowest BCUT2D eigenvalue weighted by atomic mass is 9.95. The number of amides is 1. The van der Waals surface area contributed by atoms with Gasteiger partial charge < -0.3 is 14.7 Å². The maximum absolute atomic E-state index is 13.1. The highest BCUT2D eigenvalue weighted by Gasteiger charge is 2.33. The third-order valence-electron chi connectivity index (χ3n) is 4.84. The van der Waals surface area contributed by atoms with Crippen LogP contribution in [0.2, 0.25) is 0 Å². The summed E-state index contributed by atoms with van der Waals surface area (Å²) in [5.74, 6) is 0.915. The third-order valence-corrected chi connectivity index (χ3v) is 4.84. The summed E-state index contributed by atoms with van der Waals surface area (Å²) < 4.78 is 5.43. The molecule has 2 heterocycles. The second-order valence-corrected chi connectivity index (χ2v) is 6.27. The molecule has 1 unspecified atom stereocenters. The summed E-state index contributed by atoms with van der Waals surface area (Å²) in [6.07, 6.45) is 4.04. The van der Waals surface area contributed by atoms with Crippen LogP contribution in [-0.2, 0) is 12.8 Å². The van der Waals surface area contributed by atoms with E-state index in [2.05, 4.69) is 22.6 Å². The molecule has 1 aliphatic carbocycles. The van der Waals surface area contributed by atoms with Crippen molar-refractivity contribution in [2.45, 2.75) is 31.7 Å². The minimum absolute atomic E-state index is 0.00672. The number of aryl methyl sites for hydroxylation is 1. The Morgan fingerprint density at radius 1 is 1.22 bits per heavy atom. The van der Waals surface area contributed by atoms with Crippen LogP contribution < -0.4 is 5.32 Å². The van der Waals surface area contributed by atoms with Crippen molar-refractivity contribution < 1.29 is 9.32 Å². The Labute approximate surface area is 135 Å². The topological polar surface area (TPSA) is 58.4 Å². The van der Waals surface area contributed by atoms with Crippen LogP contribution in [-0.4, -0.2) is 35.6 Å². The maximum Gasteiger partial charge on any atom is 0.276 e. The minimum Gasteiger partial charge on any atom is -0.360 e. The first kappa shape index (κ1) is 14.5. The van der Waals surface area contributed by atoms with Gasteiger partial charge in [-0.2, -0.15) is 0 Å². The van der Waals surface area contributed by atoms with Crippen molar-refractivity contribution >= 4 is 5.91 Å². The molecule has 2 aliphatic rings. The van der Waals surface area contributed by atoms with Crippen LogP contribution >= 0.6 is 0 Å². The van der Waals surface area contributed by atoms with Gasteiger partial charge in [-0.1, -0.05) is 35.5 Å². The van der Waals surface area contributed by atoms with Gasteiger partial charge in [0.25, 0.3) is 5.91 Å². The molecule has 0 radical (unpaired) electrons. The van der Waals surface area contributed by atoms with Crippen LogP contribution in [0.15, 0.2) is 34.9 Å². The van der Waals surface area contributed by atoms with Crippen molar-refractivity contribution in [2.75, 3.05) is 19.6 Å². The molecule has 1 saturated heterocycles. The van der Waals surface area contributed by atoms with Gasteiger partial charge in [-0.05, 0) is 24.8 Å². The average Bonchev–Trinajstić information content (AvgIpc) is 3.06. The van der Waals surface area contributed by atoms with Crippen molar-refractivity contribution in [1.82, 2.24) is 15.4 Å². The SMILES string of the molecule is O=C(c1noc2c1CCCC2)N1CCNCC1c1ccccc1. The quantitative estimate of drug-likeness (QED) is 0.925. The van der Waals surface area contributed by atoms with E-state index in [0.717, 1.165) is 55.7 Å². The fourth-order valence-electron chi connectivity index (χ4n) is 3.61.